The van der Waals surface area contributed by atoms with Crippen molar-refractivity contribution in [1.29, 1.82) is 0 Å². The molecule has 0 aliphatic heterocycles. The highest BCUT2D eigenvalue weighted by molar-refractivity contribution is 7.17. The van der Waals surface area contributed by atoms with Gasteiger partial charge in [0.25, 0.3) is 0 Å². The van der Waals surface area contributed by atoms with Crippen LogP contribution in [0.4, 0.5) is 13.2 Å². The van der Waals surface area contributed by atoms with Crippen LogP contribution in [0.2, 0.25) is 0 Å². The summed E-state index contributed by atoms with van der Waals surface area (Å²) in [5.74, 6) is -0.597. The van der Waals surface area contributed by atoms with Gasteiger partial charge in [-0.1, -0.05) is 36.4 Å². The molecule has 3 aromatic rings. The molecule has 3 rings (SSSR count). The minimum Gasteiger partial charge on any atom is -0.289 e. The predicted molar refractivity (Wildman–Crippen MR) is 76.7 cm³/mol. The molecule has 1 heterocycles. The second-order valence-electron chi connectivity index (χ2n) is 4.52. The Bertz CT molecular complexity index is 818. The Kier molecular flexibility index (Phi) is 3.29. The van der Waals surface area contributed by atoms with Gasteiger partial charge in [0.1, 0.15) is 0 Å². The van der Waals surface area contributed by atoms with Gasteiger partial charge < -0.3 is 0 Å². The van der Waals surface area contributed by atoms with Gasteiger partial charge in [0.05, 0.1) is 5.56 Å². The van der Waals surface area contributed by atoms with E-state index >= 15 is 0 Å². The SMILES string of the molecule is O=C(c1ccccc1C(F)(F)F)c1csc2ccccc12. The van der Waals surface area contributed by atoms with E-state index in [-0.39, 0.29) is 5.56 Å². The highest BCUT2D eigenvalue weighted by atomic mass is 32.1. The molecular weight excluding hydrogens is 297 g/mol. The number of benzene rings is 2. The van der Waals surface area contributed by atoms with Crippen molar-refractivity contribution in [3.63, 3.8) is 0 Å². The summed E-state index contributed by atoms with van der Waals surface area (Å²) in [5.41, 5.74) is -0.897. The van der Waals surface area contributed by atoms with Gasteiger partial charge in [-0.25, -0.2) is 0 Å². The lowest BCUT2D eigenvalue weighted by atomic mass is 9.98. The Morgan fingerprint density at radius 2 is 1.57 bits per heavy atom. The van der Waals surface area contributed by atoms with Gasteiger partial charge >= 0.3 is 6.18 Å². The quantitative estimate of drug-likeness (QED) is 0.598. The van der Waals surface area contributed by atoms with Crippen LogP contribution in [0.3, 0.4) is 0 Å². The van der Waals surface area contributed by atoms with Crippen LogP contribution in [0, 0.1) is 0 Å². The van der Waals surface area contributed by atoms with Crippen molar-refractivity contribution in [1.82, 2.24) is 0 Å². The number of thiophene rings is 1. The maximum absolute atomic E-state index is 13.0. The first-order chi connectivity index (χ1) is 9.98. The molecule has 0 aliphatic rings. The summed E-state index contributed by atoms with van der Waals surface area (Å²) < 4.78 is 39.9. The molecule has 0 saturated heterocycles. The van der Waals surface area contributed by atoms with Crippen molar-refractivity contribution < 1.29 is 18.0 Å². The standard InChI is InChI=1S/C16H9F3OS/c17-16(18,19)13-7-3-1-6-11(13)15(20)12-9-21-14-8-4-2-5-10(12)14/h1-9H. The van der Waals surface area contributed by atoms with E-state index in [9.17, 15) is 18.0 Å². The minimum atomic E-state index is -4.54. The normalized spacial score (nSPS) is 11.8. The fourth-order valence-electron chi connectivity index (χ4n) is 2.23. The first-order valence-corrected chi connectivity index (χ1v) is 7.03. The largest absolute Gasteiger partial charge is 0.417 e. The second-order valence-corrected chi connectivity index (χ2v) is 5.43. The Morgan fingerprint density at radius 3 is 2.33 bits per heavy atom. The van der Waals surface area contributed by atoms with Crippen molar-refractivity contribution >= 4 is 27.2 Å². The summed E-state index contributed by atoms with van der Waals surface area (Å²) in [5, 5.41) is 2.30. The fourth-order valence-corrected chi connectivity index (χ4v) is 3.17. The number of carbonyl (C=O) groups excluding carboxylic acids is 1. The van der Waals surface area contributed by atoms with Gasteiger partial charge in [-0.2, -0.15) is 13.2 Å². The van der Waals surface area contributed by atoms with E-state index < -0.39 is 17.5 Å². The Labute approximate surface area is 122 Å². The average molecular weight is 306 g/mol. The number of hydrogen-bond donors (Lipinski definition) is 0. The van der Waals surface area contributed by atoms with Gasteiger partial charge in [0.2, 0.25) is 0 Å². The maximum Gasteiger partial charge on any atom is 0.417 e. The molecule has 0 saturated carbocycles. The molecule has 0 N–H and O–H groups in total. The zero-order chi connectivity index (χ0) is 15.0. The molecule has 0 spiro atoms. The smallest absolute Gasteiger partial charge is 0.289 e. The topological polar surface area (TPSA) is 17.1 Å². The third-order valence-electron chi connectivity index (χ3n) is 3.20. The third-order valence-corrected chi connectivity index (χ3v) is 4.17. The molecule has 0 unspecified atom stereocenters. The van der Waals surface area contributed by atoms with E-state index in [4.69, 9.17) is 0 Å². The molecule has 0 atom stereocenters. The van der Waals surface area contributed by atoms with E-state index in [1.807, 2.05) is 12.1 Å². The van der Waals surface area contributed by atoms with Crippen LogP contribution in [0.5, 0.6) is 0 Å². The molecule has 5 heteroatoms. The molecular formula is C16H9F3OS. The summed E-state index contributed by atoms with van der Waals surface area (Å²) in [6.45, 7) is 0. The number of carbonyl (C=O) groups is 1. The van der Waals surface area contributed by atoms with Crippen molar-refractivity contribution in [3.05, 3.63) is 70.6 Å². The Balaban J connectivity index is 2.16. The van der Waals surface area contributed by atoms with Crippen LogP contribution in [0.15, 0.2) is 53.9 Å². The second kappa shape index (κ2) is 5.00. The number of hydrogen-bond acceptors (Lipinski definition) is 2. The van der Waals surface area contributed by atoms with Crippen molar-refractivity contribution in [2.75, 3.05) is 0 Å². The number of halogens is 3. The fraction of sp³-hybridized carbons (Fsp3) is 0.0625. The number of rotatable bonds is 2. The van der Waals surface area contributed by atoms with Gasteiger partial charge in [-0.05, 0) is 12.1 Å². The van der Waals surface area contributed by atoms with E-state index in [1.165, 1.54) is 29.5 Å². The van der Waals surface area contributed by atoms with Crippen molar-refractivity contribution in [2.45, 2.75) is 6.18 Å². The summed E-state index contributed by atoms with van der Waals surface area (Å²) >= 11 is 1.35. The number of ketones is 1. The Morgan fingerprint density at radius 1 is 0.905 bits per heavy atom. The molecule has 106 valence electrons. The summed E-state index contributed by atoms with van der Waals surface area (Å²) in [6, 6.07) is 12.1. The maximum atomic E-state index is 13.0. The van der Waals surface area contributed by atoms with E-state index in [2.05, 4.69) is 0 Å². The summed E-state index contributed by atoms with van der Waals surface area (Å²) in [4.78, 5) is 12.5. The molecule has 0 bridgehead atoms. The summed E-state index contributed by atoms with van der Waals surface area (Å²) in [6.07, 6.45) is -4.54. The zero-order valence-corrected chi connectivity index (χ0v) is 11.5. The van der Waals surface area contributed by atoms with Crippen LogP contribution < -0.4 is 0 Å². The van der Waals surface area contributed by atoms with Gasteiger partial charge in [0.15, 0.2) is 5.78 Å². The van der Waals surface area contributed by atoms with E-state index in [1.54, 1.807) is 17.5 Å². The minimum absolute atomic E-state index is 0.312. The highest BCUT2D eigenvalue weighted by Crippen LogP contribution is 2.34. The van der Waals surface area contributed by atoms with Crippen LogP contribution in [0.1, 0.15) is 21.5 Å². The first kappa shape index (κ1) is 13.8. The average Bonchev–Trinajstić information content (AvgIpc) is 2.89. The van der Waals surface area contributed by atoms with E-state index in [0.29, 0.717) is 10.9 Å². The van der Waals surface area contributed by atoms with Crippen molar-refractivity contribution in [3.8, 4) is 0 Å². The molecule has 0 radical (unpaired) electrons. The molecule has 0 amide bonds. The van der Waals surface area contributed by atoms with Gasteiger partial charge in [-0.3, -0.25) is 4.79 Å². The van der Waals surface area contributed by atoms with E-state index in [0.717, 1.165) is 10.8 Å². The molecule has 21 heavy (non-hydrogen) atoms. The lowest BCUT2D eigenvalue weighted by Crippen LogP contribution is -2.13. The highest BCUT2D eigenvalue weighted by Gasteiger charge is 2.35. The molecule has 0 aliphatic carbocycles. The van der Waals surface area contributed by atoms with Crippen molar-refractivity contribution in [2.24, 2.45) is 0 Å². The lowest BCUT2D eigenvalue weighted by Gasteiger charge is -2.11. The number of fused-ring (bicyclic) bond motifs is 1. The monoisotopic (exact) mass is 306 g/mol. The lowest BCUT2D eigenvalue weighted by molar-refractivity contribution is -0.137. The van der Waals surface area contributed by atoms with Crippen LogP contribution >= 0.6 is 11.3 Å². The molecule has 2 aromatic carbocycles. The molecule has 1 nitrogen and oxygen atoms in total. The van der Waals surface area contributed by atoms with Gasteiger partial charge in [0, 0.05) is 26.6 Å². The van der Waals surface area contributed by atoms with Crippen LogP contribution in [-0.2, 0) is 6.18 Å². The molecule has 0 fully saturated rings. The number of alkyl halides is 3. The first-order valence-electron chi connectivity index (χ1n) is 6.15. The Hall–Kier alpha value is -2.14. The molecule has 1 aromatic heterocycles. The third kappa shape index (κ3) is 2.45. The predicted octanol–water partition coefficient (Wildman–Crippen LogP) is 5.15. The van der Waals surface area contributed by atoms with Crippen LogP contribution in [-0.4, -0.2) is 5.78 Å². The van der Waals surface area contributed by atoms with Gasteiger partial charge in [-0.15, -0.1) is 11.3 Å². The summed E-state index contributed by atoms with van der Waals surface area (Å²) in [7, 11) is 0. The zero-order valence-electron chi connectivity index (χ0n) is 10.6. The van der Waals surface area contributed by atoms with Crippen LogP contribution in [0.25, 0.3) is 10.1 Å².